The molecule has 5 heteroatoms. The Hall–Kier alpha value is -2.30. The molecule has 0 bridgehead atoms. The van der Waals surface area contributed by atoms with Crippen molar-refractivity contribution in [3.63, 3.8) is 0 Å². The molecular formula is C15H20N4O. The van der Waals surface area contributed by atoms with Crippen LogP contribution in [0.1, 0.15) is 35.5 Å². The molecule has 1 aromatic carbocycles. The summed E-state index contributed by atoms with van der Waals surface area (Å²) in [5, 5.41) is 12.9. The van der Waals surface area contributed by atoms with Crippen LogP contribution >= 0.6 is 0 Å². The number of aromatic amines is 1. The van der Waals surface area contributed by atoms with E-state index in [0.717, 1.165) is 28.2 Å². The second kappa shape index (κ2) is 5.77. The number of benzene rings is 1. The Morgan fingerprint density at radius 2 is 1.95 bits per heavy atom. The van der Waals surface area contributed by atoms with Crippen molar-refractivity contribution in [1.29, 1.82) is 0 Å². The summed E-state index contributed by atoms with van der Waals surface area (Å²) in [4.78, 5) is 12.0. The number of hydrogen-bond donors (Lipinski definition) is 3. The molecule has 20 heavy (non-hydrogen) atoms. The van der Waals surface area contributed by atoms with E-state index >= 15 is 0 Å². The van der Waals surface area contributed by atoms with Gasteiger partial charge < -0.3 is 10.6 Å². The molecule has 0 saturated heterocycles. The maximum Gasteiger partial charge on any atom is 0.319 e. The lowest BCUT2D eigenvalue weighted by Crippen LogP contribution is -2.31. The zero-order chi connectivity index (χ0) is 14.7. The first-order valence-corrected chi connectivity index (χ1v) is 6.63. The smallest absolute Gasteiger partial charge is 0.319 e. The summed E-state index contributed by atoms with van der Waals surface area (Å²) >= 11 is 0. The SMILES string of the molecule is Cc1ccccc1NC(=O)N[C@@H](C)c1c(C)n[nH]c1C. The Kier molecular flexibility index (Phi) is 4.08. The first kappa shape index (κ1) is 14.1. The number of anilines is 1. The van der Waals surface area contributed by atoms with Gasteiger partial charge in [-0.3, -0.25) is 5.10 Å². The fraction of sp³-hybridized carbons (Fsp3) is 0.333. The summed E-state index contributed by atoms with van der Waals surface area (Å²) in [7, 11) is 0. The number of nitrogens with zero attached hydrogens (tertiary/aromatic N) is 1. The molecule has 3 N–H and O–H groups in total. The molecule has 1 heterocycles. The van der Waals surface area contributed by atoms with Gasteiger partial charge in [0.2, 0.25) is 0 Å². The molecular weight excluding hydrogens is 252 g/mol. The van der Waals surface area contributed by atoms with E-state index in [1.807, 2.05) is 52.0 Å². The van der Waals surface area contributed by atoms with Gasteiger partial charge >= 0.3 is 6.03 Å². The molecule has 1 atom stereocenters. The van der Waals surface area contributed by atoms with Crippen molar-refractivity contribution in [3.8, 4) is 0 Å². The molecule has 106 valence electrons. The minimum absolute atomic E-state index is 0.0993. The monoisotopic (exact) mass is 272 g/mol. The summed E-state index contributed by atoms with van der Waals surface area (Å²) in [6.45, 7) is 7.79. The lowest BCUT2D eigenvalue weighted by atomic mass is 10.1. The predicted octanol–water partition coefficient (Wildman–Crippen LogP) is 3.22. The molecule has 0 aliphatic heterocycles. The van der Waals surface area contributed by atoms with Crippen LogP contribution in [0.25, 0.3) is 0 Å². The first-order chi connectivity index (χ1) is 9.49. The number of urea groups is 1. The number of H-pyrrole nitrogens is 1. The standard InChI is InChI=1S/C15H20N4O/c1-9-7-5-6-8-13(9)17-15(20)16-10(2)14-11(3)18-19-12(14)4/h5-8,10H,1-4H3,(H,18,19)(H2,16,17,20)/t10-/m0/s1. The summed E-state index contributed by atoms with van der Waals surface area (Å²) < 4.78 is 0. The minimum Gasteiger partial charge on any atom is -0.331 e. The van der Waals surface area contributed by atoms with Crippen molar-refractivity contribution in [1.82, 2.24) is 15.5 Å². The Morgan fingerprint density at radius 3 is 2.55 bits per heavy atom. The highest BCUT2D eigenvalue weighted by Crippen LogP contribution is 2.19. The van der Waals surface area contributed by atoms with Gasteiger partial charge in [-0.25, -0.2) is 4.79 Å². The summed E-state index contributed by atoms with van der Waals surface area (Å²) in [6.07, 6.45) is 0. The predicted molar refractivity (Wildman–Crippen MR) is 79.8 cm³/mol. The summed E-state index contributed by atoms with van der Waals surface area (Å²) in [6, 6.07) is 7.37. The highest BCUT2D eigenvalue weighted by molar-refractivity contribution is 5.90. The Morgan fingerprint density at radius 1 is 1.25 bits per heavy atom. The number of aryl methyl sites for hydroxylation is 3. The van der Waals surface area contributed by atoms with Crippen molar-refractivity contribution < 1.29 is 4.79 Å². The van der Waals surface area contributed by atoms with Crippen LogP contribution < -0.4 is 10.6 Å². The number of rotatable bonds is 3. The second-order valence-corrected chi connectivity index (χ2v) is 4.98. The Bertz CT molecular complexity index is 599. The van der Waals surface area contributed by atoms with Gasteiger partial charge in [0.1, 0.15) is 0 Å². The molecule has 2 rings (SSSR count). The summed E-state index contributed by atoms with van der Waals surface area (Å²) in [5.74, 6) is 0. The van der Waals surface area contributed by atoms with Gasteiger partial charge in [-0.1, -0.05) is 18.2 Å². The van der Waals surface area contributed by atoms with Crippen LogP contribution in [0.5, 0.6) is 0 Å². The molecule has 0 radical (unpaired) electrons. The maximum atomic E-state index is 12.0. The molecule has 0 aliphatic rings. The molecule has 2 aromatic rings. The van der Waals surface area contributed by atoms with Gasteiger partial charge in [0, 0.05) is 16.9 Å². The van der Waals surface area contributed by atoms with Crippen LogP contribution in [0.4, 0.5) is 10.5 Å². The van der Waals surface area contributed by atoms with Crippen LogP contribution in [-0.2, 0) is 0 Å². The number of carbonyl (C=O) groups excluding carboxylic acids is 1. The minimum atomic E-state index is -0.216. The van der Waals surface area contributed by atoms with Crippen molar-refractivity contribution >= 4 is 11.7 Å². The number of aromatic nitrogens is 2. The molecule has 0 unspecified atom stereocenters. The van der Waals surface area contributed by atoms with E-state index in [4.69, 9.17) is 0 Å². The number of para-hydroxylation sites is 1. The molecule has 2 amide bonds. The van der Waals surface area contributed by atoms with Gasteiger partial charge in [0.15, 0.2) is 0 Å². The average Bonchev–Trinajstić information content (AvgIpc) is 2.72. The van der Waals surface area contributed by atoms with Gasteiger partial charge in [0.25, 0.3) is 0 Å². The topological polar surface area (TPSA) is 69.8 Å². The van der Waals surface area contributed by atoms with E-state index in [2.05, 4.69) is 20.8 Å². The molecule has 0 spiro atoms. The molecule has 0 aliphatic carbocycles. The lowest BCUT2D eigenvalue weighted by molar-refractivity contribution is 0.249. The van der Waals surface area contributed by atoms with Crippen LogP contribution in [0.3, 0.4) is 0 Å². The van der Waals surface area contributed by atoms with E-state index < -0.39 is 0 Å². The fourth-order valence-electron chi connectivity index (χ4n) is 2.34. The second-order valence-electron chi connectivity index (χ2n) is 4.98. The van der Waals surface area contributed by atoms with Crippen LogP contribution in [0.15, 0.2) is 24.3 Å². The number of carbonyl (C=O) groups is 1. The van der Waals surface area contributed by atoms with Gasteiger partial charge in [-0.2, -0.15) is 5.10 Å². The lowest BCUT2D eigenvalue weighted by Gasteiger charge is -2.16. The average molecular weight is 272 g/mol. The molecule has 0 fully saturated rings. The van der Waals surface area contributed by atoms with Crippen LogP contribution in [0.2, 0.25) is 0 Å². The van der Waals surface area contributed by atoms with E-state index in [9.17, 15) is 4.79 Å². The maximum absolute atomic E-state index is 12.0. The first-order valence-electron chi connectivity index (χ1n) is 6.63. The summed E-state index contributed by atoms with van der Waals surface area (Å²) in [5.41, 5.74) is 4.77. The molecule has 5 nitrogen and oxygen atoms in total. The third-order valence-electron chi connectivity index (χ3n) is 3.36. The zero-order valence-electron chi connectivity index (χ0n) is 12.2. The van der Waals surface area contributed by atoms with E-state index in [-0.39, 0.29) is 12.1 Å². The highest BCUT2D eigenvalue weighted by atomic mass is 16.2. The van der Waals surface area contributed by atoms with Gasteiger partial charge in [-0.05, 0) is 39.3 Å². The van der Waals surface area contributed by atoms with E-state index in [1.54, 1.807) is 0 Å². The Balaban J connectivity index is 2.04. The van der Waals surface area contributed by atoms with Crippen LogP contribution in [-0.4, -0.2) is 16.2 Å². The van der Waals surface area contributed by atoms with Crippen molar-refractivity contribution in [2.45, 2.75) is 33.7 Å². The number of amides is 2. The van der Waals surface area contributed by atoms with Gasteiger partial charge in [0.05, 0.1) is 11.7 Å². The van der Waals surface area contributed by atoms with Crippen LogP contribution in [0, 0.1) is 20.8 Å². The highest BCUT2D eigenvalue weighted by Gasteiger charge is 2.16. The number of nitrogens with one attached hydrogen (secondary N) is 3. The molecule has 1 aromatic heterocycles. The Labute approximate surface area is 118 Å². The van der Waals surface area contributed by atoms with Crippen molar-refractivity contribution in [2.75, 3.05) is 5.32 Å². The van der Waals surface area contributed by atoms with Gasteiger partial charge in [-0.15, -0.1) is 0 Å². The van der Waals surface area contributed by atoms with Crippen molar-refractivity contribution in [2.24, 2.45) is 0 Å². The molecule has 0 saturated carbocycles. The van der Waals surface area contributed by atoms with Crippen molar-refractivity contribution in [3.05, 3.63) is 46.8 Å². The third-order valence-corrected chi connectivity index (χ3v) is 3.36. The largest absolute Gasteiger partial charge is 0.331 e. The zero-order valence-corrected chi connectivity index (χ0v) is 12.2. The normalized spacial score (nSPS) is 12.0. The quantitative estimate of drug-likeness (QED) is 0.803. The fourth-order valence-corrected chi connectivity index (χ4v) is 2.34. The number of hydrogen-bond acceptors (Lipinski definition) is 2. The van der Waals surface area contributed by atoms with E-state index in [0.29, 0.717) is 0 Å². The third kappa shape index (κ3) is 2.99. The van der Waals surface area contributed by atoms with E-state index in [1.165, 1.54) is 0 Å².